The van der Waals surface area contributed by atoms with E-state index < -0.39 is 17.0 Å². The van der Waals surface area contributed by atoms with Gasteiger partial charge in [0.15, 0.2) is 0 Å². The number of hydrogen-bond donors (Lipinski definition) is 0. The average Bonchev–Trinajstić information content (AvgIpc) is 3.30. The standard InChI is InChI=1S/C57H73BrF2O3/c1-4-7-10-13-18-23-42-61-51-33-27-48(28-34-51)57(49-29-35-52(36-30-49)62-43-24-19-14-11-8-5-2,50-31-37-53(38-32-50)63-44-25-20-15-12-9-6-3)40-39-54-55(59)45-47(46-56(54)60)26-21-16-17-22-41-58/h27-38,45-46H,4-20,22-25,41-44H2,1-3H3. The maximum atomic E-state index is 15.9. The summed E-state index contributed by atoms with van der Waals surface area (Å²) in [6, 6.07) is 26.6. The van der Waals surface area contributed by atoms with Crippen LogP contribution in [0.3, 0.4) is 0 Å². The molecule has 4 rings (SSSR count). The van der Waals surface area contributed by atoms with E-state index in [2.05, 4.69) is 60.4 Å². The van der Waals surface area contributed by atoms with Gasteiger partial charge in [0.05, 0.1) is 25.4 Å². The first-order chi connectivity index (χ1) is 30.9. The summed E-state index contributed by atoms with van der Waals surface area (Å²) in [6.07, 6.45) is 23.9. The summed E-state index contributed by atoms with van der Waals surface area (Å²) in [4.78, 5) is 0. The molecule has 0 amide bonds. The molecule has 0 fully saturated rings. The third kappa shape index (κ3) is 18.0. The molecule has 0 aliphatic heterocycles. The van der Waals surface area contributed by atoms with Gasteiger partial charge in [-0.1, -0.05) is 193 Å². The third-order valence-corrected chi connectivity index (χ3v) is 12.1. The van der Waals surface area contributed by atoms with E-state index in [0.717, 1.165) is 90.6 Å². The summed E-state index contributed by atoms with van der Waals surface area (Å²) in [6.45, 7) is 8.63. The van der Waals surface area contributed by atoms with E-state index in [1.54, 1.807) is 0 Å². The largest absolute Gasteiger partial charge is 0.494 e. The normalized spacial score (nSPS) is 11.1. The second-order valence-electron chi connectivity index (χ2n) is 16.7. The van der Waals surface area contributed by atoms with Gasteiger partial charge in [0, 0.05) is 17.3 Å². The fourth-order valence-electron chi connectivity index (χ4n) is 7.73. The zero-order chi connectivity index (χ0) is 44.8. The van der Waals surface area contributed by atoms with Crippen molar-refractivity contribution in [3.8, 4) is 40.9 Å². The molecule has 0 aromatic heterocycles. The van der Waals surface area contributed by atoms with Crippen LogP contribution in [-0.2, 0) is 5.41 Å². The Kier molecular flexibility index (Phi) is 25.1. The van der Waals surface area contributed by atoms with Crippen molar-refractivity contribution in [2.45, 2.75) is 161 Å². The summed E-state index contributed by atoms with van der Waals surface area (Å²) in [5.74, 6) is 13.3. The summed E-state index contributed by atoms with van der Waals surface area (Å²) in [7, 11) is 0. The van der Waals surface area contributed by atoms with Crippen LogP contribution in [0.1, 0.15) is 183 Å². The molecule has 0 saturated carbocycles. The van der Waals surface area contributed by atoms with Crippen LogP contribution < -0.4 is 14.2 Å². The average molecular weight is 924 g/mol. The molecule has 0 heterocycles. The Morgan fingerprint density at radius 1 is 0.460 bits per heavy atom. The summed E-state index contributed by atoms with van der Waals surface area (Å²) in [5, 5.41) is 0.901. The van der Waals surface area contributed by atoms with Crippen LogP contribution in [0.15, 0.2) is 84.9 Å². The maximum absolute atomic E-state index is 15.9. The van der Waals surface area contributed by atoms with E-state index in [1.165, 1.54) is 89.2 Å². The van der Waals surface area contributed by atoms with Crippen molar-refractivity contribution >= 4 is 15.9 Å². The van der Waals surface area contributed by atoms with Gasteiger partial charge in [-0.2, -0.15) is 0 Å². The van der Waals surface area contributed by atoms with Crippen LogP contribution in [0.2, 0.25) is 0 Å². The van der Waals surface area contributed by atoms with Crippen molar-refractivity contribution in [1.29, 1.82) is 0 Å². The molecule has 0 aliphatic rings. The molecule has 4 aromatic rings. The lowest BCUT2D eigenvalue weighted by molar-refractivity contribution is 0.304. The number of alkyl halides is 1. The first-order valence-corrected chi connectivity index (χ1v) is 25.3. The lowest BCUT2D eigenvalue weighted by Gasteiger charge is -2.31. The van der Waals surface area contributed by atoms with Gasteiger partial charge in [0.25, 0.3) is 0 Å². The minimum absolute atomic E-state index is 0.291. The fraction of sp³-hybridized carbons (Fsp3) is 0.509. The molecule has 4 aromatic carbocycles. The molecule has 6 heteroatoms. The van der Waals surface area contributed by atoms with Gasteiger partial charge >= 0.3 is 0 Å². The zero-order valence-corrected chi connectivity index (χ0v) is 40.2. The highest BCUT2D eigenvalue weighted by molar-refractivity contribution is 9.09. The van der Waals surface area contributed by atoms with Crippen molar-refractivity contribution in [3.05, 3.63) is 124 Å². The zero-order valence-electron chi connectivity index (χ0n) is 38.6. The van der Waals surface area contributed by atoms with E-state index in [4.69, 9.17) is 14.2 Å². The Morgan fingerprint density at radius 2 is 0.825 bits per heavy atom. The second-order valence-corrected chi connectivity index (χ2v) is 17.5. The molecular weight excluding hydrogens is 851 g/mol. The Labute approximate surface area is 388 Å². The summed E-state index contributed by atoms with van der Waals surface area (Å²) < 4.78 is 50.5. The van der Waals surface area contributed by atoms with Gasteiger partial charge in [-0.05, 0) is 97.3 Å². The molecule has 0 bridgehead atoms. The summed E-state index contributed by atoms with van der Waals surface area (Å²) >= 11 is 3.44. The third-order valence-electron chi connectivity index (χ3n) is 11.5. The van der Waals surface area contributed by atoms with Gasteiger partial charge in [-0.3, -0.25) is 0 Å². The molecule has 3 nitrogen and oxygen atoms in total. The predicted molar refractivity (Wildman–Crippen MR) is 264 cm³/mol. The molecule has 0 atom stereocenters. The lowest BCUT2D eigenvalue weighted by Crippen LogP contribution is -2.28. The van der Waals surface area contributed by atoms with Crippen molar-refractivity contribution < 1.29 is 23.0 Å². The lowest BCUT2D eigenvalue weighted by atomic mass is 9.69. The van der Waals surface area contributed by atoms with Gasteiger partial charge in [0.1, 0.15) is 34.3 Å². The number of halogens is 3. The molecule has 0 saturated heterocycles. The van der Waals surface area contributed by atoms with Gasteiger partial charge in [-0.15, -0.1) is 0 Å². The van der Waals surface area contributed by atoms with Crippen LogP contribution in [-0.4, -0.2) is 25.2 Å². The molecule has 340 valence electrons. The van der Waals surface area contributed by atoms with E-state index in [1.807, 2.05) is 72.8 Å². The molecule has 0 radical (unpaired) electrons. The van der Waals surface area contributed by atoms with Crippen molar-refractivity contribution in [1.82, 2.24) is 0 Å². The van der Waals surface area contributed by atoms with Crippen molar-refractivity contribution in [2.24, 2.45) is 0 Å². The van der Waals surface area contributed by atoms with E-state index >= 15 is 8.78 Å². The first-order valence-electron chi connectivity index (χ1n) is 24.2. The van der Waals surface area contributed by atoms with Gasteiger partial charge in [0.2, 0.25) is 0 Å². The monoisotopic (exact) mass is 922 g/mol. The predicted octanol–water partition coefficient (Wildman–Crippen LogP) is 16.5. The molecular formula is C57H73BrF2O3. The molecule has 63 heavy (non-hydrogen) atoms. The molecule has 0 spiro atoms. The number of hydrogen-bond acceptors (Lipinski definition) is 3. The van der Waals surface area contributed by atoms with Crippen LogP contribution in [0.25, 0.3) is 0 Å². The van der Waals surface area contributed by atoms with E-state index in [0.29, 0.717) is 31.8 Å². The van der Waals surface area contributed by atoms with Crippen molar-refractivity contribution in [3.63, 3.8) is 0 Å². The highest BCUT2D eigenvalue weighted by Crippen LogP contribution is 2.41. The first kappa shape index (κ1) is 51.4. The molecule has 0 N–H and O–H groups in total. The fourth-order valence-corrected chi connectivity index (χ4v) is 8.13. The van der Waals surface area contributed by atoms with Crippen LogP contribution in [0, 0.1) is 35.3 Å². The SMILES string of the molecule is CCCCCCCCOc1ccc(C(C#Cc2c(F)cc(C#CCCCCBr)cc2F)(c2ccc(OCCCCCCCC)cc2)c2ccc(OCCCCCCCC)cc2)cc1. The van der Waals surface area contributed by atoms with Gasteiger partial charge < -0.3 is 14.2 Å². The van der Waals surface area contributed by atoms with Crippen LogP contribution in [0.4, 0.5) is 8.78 Å². The second kappa shape index (κ2) is 30.8. The number of unbranched alkanes of at least 4 members (excludes halogenated alkanes) is 17. The van der Waals surface area contributed by atoms with Crippen LogP contribution >= 0.6 is 15.9 Å². The quantitative estimate of drug-likeness (QED) is 0.0226. The van der Waals surface area contributed by atoms with E-state index in [-0.39, 0.29) is 5.56 Å². The van der Waals surface area contributed by atoms with E-state index in [9.17, 15) is 0 Å². The number of benzene rings is 4. The van der Waals surface area contributed by atoms with Crippen molar-refractivity contribution in [2.75, 3.05) is 25.2 Å². The summed E-state index contributed by atoms with van der Waals surface area (Å²) in [5.41, 5.74) is 1.40. The Morgan fingerprint density at radius 3 is 1.19 bits per heavy atom. The highest BCUT2D eigenvalue weighted by Gasteiger charge is 2.35. The Bertz CT molecular complexity index is 1800. The highest BCUT2D eigenvalue weighted by atomic mass is 79.9. The number of ether oxygens (including phenoxy) is 3. The topological polar surface area (TPSA) is 27.7 Å². The minimum atomic E-state index is -1.14. The Balaban J connectivity index is 1.73. The van der Waals surface area contributed by atoms with Gasteiger partial charge in [-0.25, -0.2) is 8.78 Å². The minimum Gasteiger partial charge on any atom is -0.494 e. The molecule has 0 unspecified atom stereocenters. The maximum Gasteiger partial charge on any atom is 0.143 e. The number of rotatable bonds is 30. The Hall–Kier alpha value is -4.26. The smallest absolute Gasteiger partial charge is 0.143 e. The van der Waals surface area contributed by atoms with Crippen LogP contribution in [0.5, 0.6) is 17.2 Å². The molecule has 0 aliphatic carbocycles.